The first-order valence-corrected chi connectivity index (χ1v) is 13.9. The van der Waals surface area contributed by atoms with Crippen molar-refractivity contribution in [1.82, 2.24) is 0 Å². The Balaban J connectivity index is 1.37. The number of para-hydroxylation sites is 1. The Hall–Kier alpha value is -4.70. The molecule has 0 aliphatic carbocycles. The minimum atomic E-state index is -0.408. The number of amides is 1. The first-order valence-electron chi connectivity index (χ1n) is 13.9. The van der Waals surface area contributed by atoms with Crippen LogP contribution in [0, 0.1) is 5.41 Å². The lowest BCUT2D eigenvalue weighted by Gasteiger charge is -2.18. The number of hydrogen-bond acceptors (Lipinski definition) is 3. The standard InChI is InChI=1S/C37H35NO3/c1-25(39)28-13-11-27(12-14-28)23-33(29-15-9-26(10-16-29)21-22-37(2,3)4)36(40)38-32-19-17-30(18-20-32)35-24-31-7-5-6-8-34(31)41-35/h5-22,24,33H,23H2,1-4H3,(H,38,40)/b22-21+/t33-/m0/s1. The van der Waals surface area contributed by atoms with Gasteiger partial charge < -0.3 is 9.73 Å². The van der Waals surface area contributed by atoms with Crippen molar-refractivity contribution in [3.8, 4) is 11.3 Å². The summed E-state index contributed by atoms with van der Waals surface area (Å²) in [4.78, 5) is 25.5. The van der Waals surface area contributed by atoms with E-state index in [1.165, 1.54) is 0 Å². The summed E-state index contributed by atoms with van der Waals surface area (Å²) in [7, 11) is 0. The van der Waals surface area contributed by atoms with Crippen LogP contribution in [-0.4, -0.2) is 11.7 Å². The molecule has 5 aromatic rings. The van der Waals surface area contributed by atoms with Gasteiger partial charge in [0.2, 0.25) is 5.91 Å². The number of furan rings is 1. The number of carbonyl (C=O) groups is 2. The Kier molecular flexibility index (Phi) is 8.02. The minimum absolute atomic E-state index is 0.0239. The molecule has 1 aromatic heterocycles. The van der Waals surface area contributed by atoms with Gasteiger partial charge in [0.05, 0.1) is 5.92 Å². The van der Waals surface area contributed by atoms with Crippen LogP contribution in [0.2, 0.25) is 0 Å². The molecule has 4 nitrogen and oxygen atoms in total. The summed E-state index contributed by atoms with van der Waals surface area (Å²) in [5, 5.41) is 4.17. The predicted molar refractivity (Wildman–Crippen MR) is 168 cm³/mol. The molecule has 0 bridgehead atoms. The summed E-state index contributed by atoms with van der Waals surface area (Å²) in [5.74, 6) is 0.316. The Morgan fingerprint density at radius 3 is 2.17 bits per heavy atom. The average molecular weight is 542 g/mol. The predicted octanol–water partition coefficient (Wildman–Crippen LogP) is 9.33. The summed E-state index contributed by atoms with van der Waals surface area (Å²) < 4.78 is 5.99. The van der Waals surface area contributed by atoms with Gasteiger partial charge in [0.1, 0.15) is 11.3 Å². The number of ketones is 1. The summed E-state index contributed by atoms with van der Waals surface area (Å²) in [6, 6.07) is 33.3. The van der Waals surface area contributed by atoms with E-state index < -0.39 is 5.92 Å². The van der Waals surface area contributed by atoms with Crippen LogP contribution in [0.4, 0.5) is 5.69 Å². The molecule has 4 aromatic carbocycles. The van der Waals surface area contributed by atoms with Gasteiger partial charge in [0.15, 0.2) is 5.78 Å². The summed E-state index contributed by atoms with van der Waals surface area (Å²) in [6.07, 6.45) is 4.80. The monoisotopic (exact) mass is 541 g/mol. The summed E-state index contributed by atoms with van der Waals surface area (Å²) in [5.41, 5.74) is 6.28. The van der Waals surface area contributed by atoms with Crippen molar-refractivity contribution in [3.63, 3.8) is 0 Å². The van der Waals surface area contributed by atoms with Gasteiger partial charge in [-0.05, 0) is 71.8 Å². The maximum absolute atomic E-state index is 13.7. The van der Waals surface area contributed by atoms with Crippen molar-refractivity contribution in [2.45, 2.75) is 40.0 Å². The molecule has 0 spiro atoms. The maximum atomic E-state index is 13.7. The van der Waals surface area contributed by atoms with E-state index in [4.69, 9.17) is 4.42 Å². The van der Waals surface area contributed by atoms with Crippen molar-refractivity contribution < 1.29 is 14.0 Å². The Labute approximate surface area is 241 Å². The lowest BCUT2D eigenvalue weighted by Crippen LogP contribution is -2.23. The molecule has 0 saturated carbocycles. The fraction of sp³-hybridized carbons (Fsp3) is 0.189. The Morgan fingerprint density at radius 2 is 1.54 bits per heavy atom. The van der Waals surface area contributed by atoms with Crippen LogP contribution < -0.4 is 5.32 Å². The first kappa shape index (κ1) is 27.9. The van der Waals surface area contributed by atoms with E-state index in [2.05, 4.69) is 50.4 Å². The zero-order valence-electron chi connectivity index (χ0n) is 24.0. The zero-order chi connectivity index (χ0) is 29.0. The molecule has 1 heterocycles. The van der Waals surface area contributed by atoms with E-state index in [1.807, 2.05) is 91.0 Å². The molecule has 5 rings (SSSR count). The van der Waals surface area contributed by atoms with E-state index in [-0.39, 0.29) is 17.1 Å². The summed E-state index contributed by atoms with van der Waals surface area (Å²) in [6.45, 7) is 8.05. The molecule has 0 unspecified atom stereocenters. The van der Waals surface area contributed by atoms with Crippen LogP contribution in [0.25, 0.3) is 28.4 Å². The van der Waals surface area contributed by atoms with Gasteiger partial charge in [-0.3, -0.25) is 9.59 Å². The highest BCUT2D eigenvalue weighted by Crippen LogP contribution is 2.30. The summed E-state index contributed by atoms with van der Waals surface area (Å²) >= 11 is 0. The number of allylic oxidation sites excluding steroid dienone is 1. The fourth-order valence-corrected chi connectivity index (χ4v) is 4.73. The number of rotatable bonds is 8. The average Bonchev–Trinajstić information content (AvgIpc) is 3.40. The number of Topliss-reactive ketones (excluding diaryl/α,β-unsaturated/α-hetero) is 1. The fourth-order valence-electron chi connectivity index (χ4n) is 4.73. The number of fused-ring (bicyclic) bond motifs is 1. The number of anilines is 1. The van der Waals surface area contributed by atoms with Crippen LogP contribution >= 0.6 is 0 Å². The molecule has 0 radical (unpaired) electrons. The van der Waals surface area contributed by atoms with E-state index >= 15 is 0 Å². The second-order valence-electron chi connectivity index (χ2n) is 11.6. The second-order valence-corrected chi connectivity index (χ2v) is 11.6. The number of nitrogens with one attached hydrogen (secondary N) is 1. The molecule has 0 saturated heterocycles. The molecule has 4 heteroatoms. The maximum Gasteiger partial charge on any atom is 0.232 e. The van der Waals surface area contributed by atoms with Gasteiger partial charge >= 0.3 is 0 Å². The highest BCUT2D eigenvalue weighted by atomic mass is 16.3. The van der Waals surface area contributed by atoms with Crippen LogP contribution in [0.1, 0.15) is 60.7 Å². The van der Waals surface area contributed by atoms with Crippen molar-refractivity contribution in [2.24, 2.45) is 5.41 Å². The zero-order valence-corrected chi connectivity index (χ0v) is 24.0. The molecule has 0 aliphatic heterocycles. The van der Waals surface area contributed by atoms with Crippen LogP contribution in [-0.2, 0) is 11.2 Å². The van der Waals surface area contributed by atoms with Crippen LogP contribution in [0.5, 0.6) is 0 Å². The van der Waals surface area contributed by atoms with Gasteiger partial charge in [0.25, 0.3) is 0 Å². The Bertz CT molecular complexity index is 1650. The lowest BCUT2D eigenvalue weighted by atomic mass is 9.89. The van der Waals surface area contributed by atoms with Gasteiger partial charge in [-0.2, -0.15) is 0 Å². The van der Waals surface area contributed by atoms with Crippen molar-refractivity contribution >= 4 is 34.4 Å². The number of carbonyl (C=O) groups excluding carboxylic acids is 2. The van der Waals surface area contributed by atoms with Crippen molar-refractivity contribution in [2.75, 3.05) is 5.32 Å². The third-order valence-electron chi connectivity index (χ3n) is 7.09. The molecule has 206 valence electrons. The van der Waals surface area contributed by atoms with E-state index in [0.29, 0.717) is 12.0 Å². The largest absolute Gasteiger partial charge is 0.456 e. The second kappa shape index (κ2) is 11.8. The lowest BCUT2D eigenvalue weighted by molar-refractivity contribution is -0.117. The highest BCUT2D eigenvalue weighted by molar-refractivity contribution is 5.96. The number of benzene rings is 4. The highest BCUT2D eigenvalue weighted by Gasteiger charge is 2.22. The topological polar surface area (TPSA) is 59.3 Å². The van der Waals surface area contributed by atoms with E-state index in [1.54, 1.807) is 6.92 Å². The molecule has 41 heavy (non-hydrogen) atoms. The van der Waals surface area contributed by atoms with Gasteiger partial charge in [-0.25, -0.2) is 0 Å². The third kappa shape index (κ3) is 7.09. The van der Waals surface area contributed by atoms with Crippen LogP contribution in [0.3, 0.4) is 0 Å². The minimum Gasteiger partial charge on any atom is -0.456 e. The molecule has 0 fully saturated rings. The molecule has 1 atom stereocenters. The van der Waals surface area contributed by atoms with Gasteiger partial charge in [-0.1, -0.05) is 99.7 Å². The SMILES string of the molecule is CC(=O)c1ccc(C[C@H](C(=O)Nc2ccc(-c3cc4ccccc4o3)cc2)c2ccc(/C=C/C(C)(C)C)cc2)cc1. The van der Waals surface area contributed by atoms with E-state index in [9.17, 15) is 9.59 Å². The van der Waals surface area contributed by atoms with Gasteiger partial charge in [0, 0.05) is 22.2 Å². The van der Waals surface area contributed by atoms with Crippen LogP contribution in [0.15, 0.2) is 114 Å². The molecule has 1 N–H and O–H groups in total. The van der Waals surface area contributed by atoms with Gasteiger partial charge in [-0.15, -0.1) is 0 Å². The van der Waals surface area contributed by atoms with E-state index in [0.717, 1.165) is 44.7 Å². The Morgan fingerprint density at radius 1 is 0.854 bits per heavy atom. The molecule has 0 aliphatic rings. The third-order valence-corrected chi connectivity index (χ3v) is 7.09. The van der Waals surface area contributed by atoms with Crippen molar-refractivity contribution in [3.05, 3.63) is 131 Å². The smallest absolute Gasteiger partial charge is 0.232 e. The molecular formula is C37H35NO3. The van der Waals surface area contributed by atoms with Crippen molar-refractivity contribution in [1.29, 1.82) is 0 Å². The molecular weight excluding hydrogens is 506 g/mol. The number of hydrogen-bond donors (Lipinski definition) is 1. The first-order chi connectivity index (χ1) is 19.6. The quantitative estimate of drug-likeness (QED) is 0.199. The normalized spacial score (nSPS) is 12.5. The molecule has 1 amide bonds.